The number of halogens is 1. The van der Waals surface area contributed by atoms with Crippen molar-refractivity contribution in [3.05, 3.63) is 101 Å². The number of β-amino-alcohol motifs (C(OH)–C–C–N with tert-alkyl or cyclic N) is 1. The van der Waals surface area contributed by atoms with Crippen LogP contribution in [0.4, 0.5) is 5.69 Å². The highest BCUT2D eigenvalue weighted by molar-refractivity contribution is 6.30. The first-order valence-electron chi connectivity index (χ1n) is 10.8. The third-order valence-electron chi connectivity index (χ3n) is 5.67. The minimum Gasteiger partial charge on any atom is -0.389 e. The molecule has 162 valence electrons. The van der Waals surface area contributed by atoms with Crippen LogP contribution in [0.2, 0.25) is 5.02 Å². The van der Waals surface area contributed by atoms with Gasteiger partial charge in [-0.2, -0.15) is 0 Å². The zero-order chi connectivity index (χ0) is 21.5. The molecule has 0 saturated carbocycles. The summed E-state index contributed by atoms with van der Waals surface area (Å²) in [4.78, 5) is 4.64. The first-order valence-corrected chi connectivity index (χ1v) is 11.2. The Morgan fingerprint density at radius 2 is 1.42 bits per heavy atom. The Hall–Kier alpha value is -2.37. The highest BCUT2D eigenvalue weighted by Crippen LogP contribution is 2.26. The summed E-state index contributed by atoms with van der Waals surface area (Å²) in [5.74, 6) is 0. The fraction of sp³-hybridized carbons (Fsp3) is 0.308. The van der Waals surface area contributed by atoms with Crippen molar-refractivity contribution in [1.29, 1.82) is 0 Å². The lowest BCUT2D eigenvalue weighted by molar-refractivity contribution is -0.00893. The number of rotatable bonds is 8. The quantitative estimate of drug-likeness (QED) is 0.558. The van der Waals surface area contributed by atoms with Crippen LogP contribution in [-0.4, -0.2) is 55.4 Å². The molecular weight excluding hydrogens is 408 g/mol. The lowest BCUT2D eigenvalue weighted by atomic mass is 10.0. The van der Waals surface area contributed by atoms with Gasteiger partial charge >= 0.3 is 0 Å². The molecule has 1 saturated heterocycles. The average Bonchev–Trinajstić information content (AvgIpc) is 2.81. The highest BCUT2D eigenvalue weighted by Gasteiger charge is 2.21. The van der Waals surface area contributed by atoms with Crippen molar-refractivity contribution in [1.82, 2.24) is 4.90 Å². The van der Waals surface area contributed by atoms with Crippen LogP contribution < -0.4 is 4.90 Å². The van der Waals surface area contributed by atoms with Crippen LogP contribution in [0.25, 0.3) is 0 Å². The maximum Gasteiger partial charge on any atom is 0.108 e. The molecule has 1 aliphatic heterocycles. The van der Waals surface area contributed by atoms with E-state index in [9.17, 15) is 5.11 Å². The van der Waals surface area contributed by atoms with E-state index >= 15 is 0 Å². The van der Waals surface area contributed by atoms with Gasteiger partial charge in [-0.15, -0.1) is 0 Å². The lowest BCUT2D eigenvalue weighted by Gasteiger charge is -2.37. The van der Waals surface area contributed by atoms with E-state index in [4.69, 9.17) is 16.3 Å². The predicted octanol–water partition coefficient (Wildman–Crippen LogP) is 4.63. The van der Waals surface area contributed by atoms with Gasteiger partial charge in [0.15, 0.2) is 0 Å². The first-order chi connectivity index (χ1) is 15.2. The lowest BCUT2D eigenvalue weighted by Crippen LogP contribution is -2.49. The van der Waals surface area contributed by atoms with Crippen molar-refractivity contribution in [3.8, 4) is 0 Å². The summed E-state index contributed by atoms with van der Waals surface area (Å²) in [7, 11) is 0. The Morgan fingerprint density at radius 3 is 2.00 bits per heavy atom. The van der Waals surface area contributed by atoms with Crippen LogP contribution in [0.3, 0.4) is 0 Å². The van der Waals surface area contributed by atoms with Gasteiger partial charge in [-0.1, -0.05) is 78.3 Å². The summed E-state index contributed by atoms with van der Waals surface area (Å²) in [5.41, 5.74) is 3.34. The summed E-state index contributed by atoms with van der Waals surface area (Å²) in [5, 5.41) is 11.4. The van der Waals surface area contributed by atoms with Crippen molar-refractivity contribution in [3.63, 3.8) is 0 Å². The number of anilines is 1. The van der Waals surface area contributed by atoms with Crippen molar-refractivity contribution in [2.45, 2.75) is 12.2 Å². The van der Waals surface area contributed by atoms with Crippen LogP contribution in [0.15, 0.2) is 84.9 Å². The molecule has 3 aromatic rings. The molecule has 5 heteroatoms. The van der Waals surface area contributed by atoms with E-state index < -0.39 is 6.10 Å². The van der Waals surface area contributed by atoms with Crippen molar-refractivity contribution >= 4 is 17.3 Å². The zero-order valence-corrected chi connectivity index (χ0v) is 18.4. The number of benzene rings is 3. The number of ether oxygens (including phenoxy) is 1. The second-order valence-electron chi connectivity index (χ2n) is 7.96. The van der Waals surface area contributed by atoms with Crippen LogP contribution in [0, 0.1) is 0 Å². The van der Waals surface area contributed by atoms with Gasteiger partial charge in [-0.25, -0.2) is 0 Å². The van der Waals surface area contributed by atoms with Crippen molar-refractivity contribution in [2.75, 3.05) is 44.2 Å². The number of aliphatic hydroxyl groups is 1. The van der Waals surface area contributed by atoms with Crippen LogP contribution in [0.1, 0.15) is 17.2 Å². The maximum atomic E-state index is 10.7. The molecule has 4 rings (SSSR count). The number of hydrogen-bond donors (Lipinski definition) is 1. The van der Waals surface area contributed by atoms with Crippen LogP contribution in [-0.2, 0) is 4.74 Å². The second kappa shape index (κ2) is 10.8. The first kappa shape index (κ1) is 21.8. The van der Waals surface area contributed by atoms with Gasteiger partial charge in [-0.05, 0) is 29.3 Å². The summed E-state index contributed by atoms with van der Waals surface area (Å²) in [6, 6.07) is 28.3. The molecule has 0 amide bonds. The minimum atomic E-state index is -0.535. The Kier molecular flexibility index (Phi) is 7.60. The molecule has 0 aromatic heterocycles. The molecule has 4 nitrogen and oxygen atoms in total. The van der Waals surface area contributed by atoms with E-state index in [0.717, 1.165) is 48.0 Å². The number of piperazine rings is 1. The van der Waals surface area contributed by atoms with Gasteiger partial charge in [0.05, 0.1) is 12.7 Å². The van der Waals surface area contributed by atoms with Crippen molar-refractivity contribution in [2.24, 2.45) is 0 Å². The Bertz CT molecular complexity index is 891. The molecular formula is C26H29ClN2O2. The van der Waals surface area contributed by atoms with E-state index in [2.05, 4.69) is 40.1 Å². The van der Waals surface area contributed by atoms with Gasteiger partial charge in [-0.3, -0.25) is 4.90 Å². The molecule has 1 fully saturated rings. The third kappa shape index (κ3) is 6.08. The Labute approximate surface area is 189 Å². The number of nitrogens with zero attached hydrogens (tertiary/aromatic N) is 2. The second-order valence-corrected chi connectivity index (χ2v) is 8.39. The summed E-state index contributed by atoms with van der Waals surface area (Å²) in [6.45, 7) is 4.56. The van der Waals surface area contributed by atoms with Gasteiger partial charge in [0.2, 0.25) is 0 Å². The topological polar surface area (TPSA) is 35.9 Å². The van der Waals surface area contributed by atoms with E-state index in [-0.39, 0.29) is 6.10 Å². The molecule has 31 heavy (non-hydrogen) atoms. The molecule has 0 spiro atoms. The number of hydrogen-bond acceptors (Lipinski definition) is 4. The maximum absolute atomic E-state index is 10.7. The summed E-state index contributed by atoms with van der Waals surface area (Å²) < 4.78 is 6.22. The van der Waals surface area contributed by atoms with Gasteiger partial charge < -0.3 is 14.7 Å². The molecule has 1 N–H and O–H groups in total. The molecule has 0 aliphatic carbocycles. The van der Waals surface area contributed by atoms with Gasteiger partial charge in [0.25, 0.3) is 0 Å². The Morgan fingerprint density at radius 1 is 0.806 bits per heavy atom. The van der Waals surface area contributed by atoms with Gasteiger partial charge in [0.1, 0.15) is 6.10 Å². The average molecular weight is 437 g/mol. The molecule has 0 radical (unpaired) electrons. The molecule has 3 aromatic carbocycles. The smallest absolute Gasteiger partial charge is 0.108 e. The summed E-state index contributed by atoms with van der Waals surface area (Å²) in [6.07, 6.45) is -0.718. The predicted molar refractivity (Wildman–Crippen MR) is 127 cm³/mol. The van der Waals surface area contributed by atoms with Crippen molar-refractivity contribution < 1.29 is 9.84 Å². The van der Waals surface area contributed by atoms with Crippen LogP contribution >= 0.6 is 11.6 Å². The van der Waals surface area contributed by atoms with E-state index in [1.54, 1.807) is 0 Å². The van der Waals surface area contributed by atoms with E-state index in [0.29, 0.717) is 13.2 Å². The van der Waals surface area contributed by atoms with Crippen LogP contribution in [0.5, 0.6) is 0 Å². The highest BCUT2D eigenvalue weighted by atomic mass is 35.5. The largest absolute Gasteiger partial charge is 0.389 e. The normalized spacial score (nSPS) is 15.9. The molecule has 1 aliphatic rings. The molecule has 1 atom stereocenters. The zero-order valence-electron chi connectivity index (χ0n) is 17.6. The van der Waals surface area contributed by atoms with E-state index in [1.807, 2.05) is 54.6 Å². The minimum absolute atomic E-state index is 0.184. The standard InChI is InChI=1S/C26H29ClN2O2/c27-23-12-7-13-24(18-23)29-16-14-28(15-17-29)19-25(30)20-31-26(21-8-3-1-4-9-21)22-10-5-2-6-11-22/h1-13,18,25-26,30H,14-17,19-20H2/t25-/m1/s1. The van der Waals surface area contributed by atoms with E-state index in [1.165, 1.54) is 0 Å². The molecule has 1 heterocycles. The monoisotopic (exact) mass is 436 g/mol. The third-order valence-corrected chi connectivity index (χ3v) is 5.91. The molecule has 0 bridgehead atoms. The fourth-order valence-electron chi connectivity index (χ4n) is 4.06. The fourth-order valence-corrected chi connectivity index (χ4v) is 4.24. The SMILES string of the molecule is O[C@@H](COC(c1ccccc1)c1ccccc1)CN1CCN(c2cccc(Cl)c2)CC1. The summed E-state index contributed by atoms with van der Waals surface area (Å²) >= 11 is 6.13. The van der Waals surface area contributed by atoms with Gasteiger partial charge in [0, 0.05) is 43.4 Å². The molecule has 0 unspecified atom stereocenters. The Balaban J connectivity index is 1.30. The number of aliphatic hydroxyl groups excluding tert-OH is 1.